The van der Waals surface area contributed by atoms with Crippen LogP contribution in [-0.2, 0) is 10.9 Å². The number of anilines is 2. The zero-order chi connectivity index (χ0) is 21.0. The number of benzene rings is 1. The van der Waals surface area contributed by atoms with E-state index in [0.29, 0.717) is 23.6 Å². The van der Waals surface area contributed by atoms with E-state index in [-0.39, 0.29) is 17.7 Å². The number of nitrogens with zero attached hydrogens (tertiary/aromatic N) is 3. The van der Waals surface area contributed by atoms with E-state index < -0.39 is 11.9 Å². The van der Waals surface area contributed by atoms with E-state index in [1.165, 1.54) is 12.4 Å². The van der Waals surface area contributed by atoms with Crippen molar-refractivity contribution in [2.75, 3.05) is 18.5 Å². The third-order valence-electron chi connectivity index (χ3n) is 4.52. The van der Waals surface area contributed by atoms with Gasteiger partial charge in [-0.1, -0.05) is 6.07 Å². The first-order chi connectivity index (χ1) is 14.5. The molecular formula is C21H19F3N4O2. The molecule has 1 saturated heterocycles. The van der Waals surface area contributed by atoms with E-state index >= 15 is 0 Å². The Hall–Kier alpha value is -3.20. The number of halogens is 3. The monoisotopic (exact) mass is 416 g/mol. The highest BCUT2D eigenvalue weighted by atomic mass is 19.4. The van der Waals surface area contributed by atoms with Crippen LogP contribution in [0.5, 0.6) is 5.75 Å². The molecule has 0 bridgehead atoms. The van der Waals surface area contributed by atoms with Crippen LogP contribution in [0.2, 0.25) is 0 Å². The van der Waals surface area contributed by atoms with Crippen molar-refractivity contribution in [3.8, 4) is 17.1 Å². The van der Waals surface area contributed by atoms with E-state index in [4.69, 9.17) is 9.47 Å². The molecule has 6 nitrogen and oxygen atoms in total. The van der Waals surface area contributed by atoms with Crippen LogP contribution >= 0.6 is 0 Å². The van der Waals surface area contributed by atoms with Crippen LogP contribution in [0.15, 0.2) is 54.9 Å². The summed E-state index contributed by atoms with van der Waals surface area (Å²) in [5.41, 5.74) is -0.0438. The normalized spacial score (nSPS) is 16.4. The Bertz CT molecular complexity index is 993. The second-order valence-corrected chi connectivity index (χ2v) is 6.79. The molecule has 3 aromatic rings. The topological polar surface area (TPSA) is 69.2 Å². The Labute approximate surface area is 171 Å². The van der Waals surface area contributed by atoms with Gasteiger partial charge in [0.05, 0.1) is 6.10 Å². The fraction of sp³-hybridized carbons (Fsp3) is 0.286. The van der Waals surface area contributed by atoms with Crippen LogP contribution in [0.4, 0.5) is 24.7 Å². The minimum atomic E-state index is -4.60. The molecule has 1 unspecified atom stereocenters. The van der Waals surface area contributed by atoms with Crippen LogP contribution in [0.1, 0.15) is 18.5 Å². The van der Waals surface area contributed by atoms with E-state index in [2.05, 4.69) is 20.3 Å². The summed E-state index contributed by atoms with van der Waals surface area (Å²) < 4.78 is 51.3. The summed E-state index contributed by atoms with van der Waals surface area (Å²) in [6.45, 7) is 1.17. The molecular weight excluding hydrogens is 397 g/mol. The molecule has 0 amide bonds. The van der Waals surface area contributed by atoms with Gasteiger partial charge in [-0.05, 0) is 37.1 Å². The van der Waals surface area contributed by atoms with Gasteiger partial charge < -0.3 is 14.8 Å². The molecule has 9 heteroatoms. The fourth-order valence-corrected chi connectivity index (χ4v) is 3.06. The van der Waals surface area contributed by atoms with Crippen molar-refractivity contribution >= 4 is 11.5 Å². The first-order valence-electron chi connectivity index (χ1n) is 9.45. The van der Waals surface area contributed by atoms with Crippen molar-refractivity contribution < 1.29 is 22.6 Å². The average Bonchev–Trinajstić information content (AvgIpc) is 3.26. The summed E-state index contributed by atoms with van der Waals surface area (Å²) >= 11 is 0. The number of rotatable bonds is 6. The predicted molar refractivity (Wildman–Crippen MR) is 104 cm³/mol. The summed E-state index contributed by atoms with van der Waals surface area (Å²) in [4.78, 5) is 11.8. The highest BCUT2D eigenvalue weighted by molar-refractivity contribution is 5.62. The van der Waals surface area contributed by atoms with Crippen molar-refractivity contribution in [2.45, 2.75) is 25.1 Å². The Morgan fingerprint density at radius 1 is 1.10 bits per heavy atom. The van der Waals surface area contributed by atoms with Gasteiger partial charge in [0.25, 0.3) is 0 Å². The number of hydrogen-bond donors (Lipinski definition) is 1. The van der Waals surface area contributed by atoms with Gasteiger partial charge in [0.2, 0.25) is 0 Å². The minimum absolute atomic E-state index is 0.0282. The van der Waals surface area contributed by atoms with Gasteiger partial charge in [-0.15, -0.1) is 0 Å². The lowest BCUT2D eigenvalue weighted by Crippen LogP contribution is -2.16. The largest absolute Gasteiger partial charge is 0.491 e. The highest BCUT2D eigenvalue weighted by Gasteiger charge is 2.34. The first-order valence-corrected chi connectivity index (χ1v) is 9.45. The summed E-state index contributed by atoms with van der Waals surface area (Å²) in [7, 11) is 0. The van der Waals surface area contributed by atoms with Crippen LogP contribution in [0.3, 0.4) is 0 Å². The summed E-state index contributed by atoms with van der Waals surface area (Å²) in [5, 5.41) is 2.92. The molecule has 0 radical (unpaired) electrons. The predicted octanol–water partition coefficient (Wildman–Crippen LogP) is 4.86. The van der Waals surface area contributed by atoms with E-state index in [1.54, 1.807) is 36.4 Å². The lowest BCUT2D eigenvalue weighted by Gasteiger charge is -2.14. The van der Waals surface area contributed by atoms with Gasteiger partial charge in [-0.2, -0.15) is 13.2 Å². The maximum Gasteiger partial charge on any atom is 0.433 e. The summed E-state index contributed by atoms with van der Waals surface area (Å²) in [6, 6.07) is 10.9. The number of pyridine rings is 1. The van der Waals surface area contributed by atoms with Gasteiger partial charge in [0.1, 0.15) is 18.2 Å². The van der Waals surface area contributed by atoms with Crippen molar-refractivity contribution in [3.05, 3.63) is 60.6 Å². The first kappa shape index (κ1) is 20.1. The summed E-state index contributed by atoms with van der Waals surface area (Å²) in [5.74, 6) is 0.580. The molecule has 0 aliphatic carbocycles. The van der Waals surface area contributed by atoms with Crippen LogP contribution in [0.25, 0.3) is 11.4 Å². The van der Waals surface area contributed by atoms with Crippen molar-refractivity contribution in [2.24, 2.45) is 0 Å². The molecule has 1 aliphatic rings. The van der Waals surface area contributed by atoms with Crippen molar-refractivity contribution in [3.63, 3.8) is 0 Å². The Morgan fingerprint density at radius 3 is 2.67 bits per heavy atom. The third kappa shape index (κ3) is 5.04. The fourth-order valence-electron chi connectivity index (χ4n) is 3.06. The molecule has 1 aromatic carbocycles. The average molecular weight is 416 g/mol. The van der Waals surface area contributed by atoms with Crippen LogP contribution < -0.4 is 10.1 Å². The van der Waals surface area contributed by atoms with Gasteiger partial charge in [0.15, 0.2) is 11.5 Å². The van der Waals surface area contributed by atoms with Crippen molar-refractivity contribution in [1.29, 1.82) is 0 Å². The van der Waals surface area contributed by atoms with Crippen LogP contribution in [0, 0.1) is 0 Å². The second-order valence-electron chi connectivity index (χ2n) is 6.79. The molecule has 0 spiro atoms. The molecule has 1 fully saturated rings. The van der Waals surface area contributed by atoms with E-state index in [0.717, 1.165) is 25.5 Å². The maximum absolute atomic E-state index is 13.4. The van der Waals surface area contributed by atoms with Crippen molar-refractivity contribution in [1.82, 2.24) is 15.0 Å². The second kappa shape index (κ2) is 8.66. The number of ether oxygens (including phenoxy) is 2. The standard InChI is InChI=1S/C21H19F3N4O2/c22-21(23,24)18-12-19(28-20(27-18)14-6-8-25-9-7-14)26-15-3-1-4-16(11-15)30-13-17-5-2-10-29-17/h1,3-4,6-9,11-12,17H,2,5,10,13H2,(H,26,27,28). The molecule has 4 rings (SSSR count). The minimum Gasteiger partial charge on any atom is -0.491 e. The zero-order valence-corrected chi connectivity index (χ0v) is 15.9. The molecule has 2 aromatic heterocycles. The summed E-state index contributed by atoms with van der Waals surface area (Å²) in [6.07, 6.45) is 0.386. The van der Waals surface area contributed by atoms with Gasteiger partial charge >= 0.3 is 6.18 Å². The smallest absolute Gasteiger partial charge is 0.433 e. The zero-order valence-electron chi connectivity index (χ0n) is 15.9. The molecule has 1 N–H and O–H groups in total. The maximum atomic E-state index is 13.4. The number of hydrogen-bond acceptors (Lipinski definition) is 6. The number of alkyl halides is 3. The Balaban J connectivity index is 1.57. The lowest BCUT2D eigenvalue weighted by atomic mass is 10.2. The van der Waals surface area contributed by atoms with Gasteiger partial charge in [0, 0.05) is 42.4 Å². The molecule has 0 saturated carbocycles. The lowest BCUT2D eigenvalue weighted by molar-refractivity contribution is -0.141. The Kier molecular flexibility index (Phi) is 5.80. The SMILES string of the molecule is FC(F)(F)c1cc(Nc2cccc(OCC3CCCO3)c2)nc(-c2ccncc2)n1. The highest BCUT2D eigenvalue weighted by Crippen LogP contribution is 2.32. The number of aromatic nitrogens is 3. The third-order valence-corrected chi connectivity index (χ3v) is 4.52. The molecule has 30 heavy (non-hydrogen) atoms. The van der Waals surface area contributed by atoms with Crippen LogP contribution in [-0.4, -0.2) is 34.3 Å². The molecule has 156 valence electrons. The van der Waals surface area contributed by atoms with E-state index in [1.807, 2.05) is 0 Å². The molecule has 3 heterocycles. The molecule has 1 aliphatic heterocycles. The molecule has 1 atom stereocenters. The Morgan fingerprint density at radius 2 is 1.93 bits per heavy atom. The van der Waals surface area contributed by atoms with Gasteiger partial charge in [-0.3, -0.25) is 4.98 Å². The van der Waals surface area contributed by atoms with E-state index in [9.17, 15) is 13.2 Å². The quantitative estimate of drug-likeness (QED) is 0.619. The van der Waals surface area contributed by atoms with Gasteiger partial charge in [-0.25, -0.2) is 9.97 Å². The number of nitrogens with one attached hydrogen (secondary N) is 1.